The SMILES string of the molecule is CCC(=O)[C@@H](C)[C@@H]1O[C@@]2(O[C@@](O)([C@H](C)c3oc(C)c(C)c(=O)c3C)[C@H](C)[C@H](O)[C@@H]2C)[C@@H](C)C(=O)[C@H]1C. The van der Waals surface area contributed by atoms with Crippen molar-refractivity contribution >= 4 is 11.6 Å². The Morgan fingerprint density at radius 2 is 1.61 bits per heavy atom. The molecule has 10 atom stereocenters. The molecule has 2 N–H and O–H groups in total. The number of aryl methyl sites for hydroxylation is 1. The number of aliphatic hydroxyl groups excluding tert-OH is 1. The second-order valence-corrected chi connectivity index (χ2v) is 11.1. The van der Waals surface area contributed by atoms with Crippen LogP contribution < -0.4 is 5.43 Å². The highest BCUT2D eigenvalue weighted by Gasteiger charge is 2.66. The molecule has 36 heavy (non-hydrogen) atoms. The fourth-order valence-electron chi connectivity index (χ4n) is 6.14. The Labute approximate surface area is 213 Å². The molecule has 0 amide bonds. The average Bonchev–Trinajstić information content (AvgIpc) is 2.86. The molecule has 0 aliphatic carbocycles. The topological polar surface area (TPSA) is 123 Å². The molecule has 8 nitrogen and oxygen atoms in total. The Kier molecular flexibility index (Phi) is 7.80. The van der Waals surface area contributed by atoms with Gasteiger partial charge in [-0.15, -0.1) is 0 Å². The Morgan fingerprint density at radius 3 is 2.17 bits per heavy atom. The molecule has 2 aliphatic rings. The zero-order valence-electron chi connectivity index (χ0n) is 23.2. The largest absolute Gasteiger partial charge is 0.465 e. The third-order valence-corrected chi connectivity index (χ3v) is 9.13. The van der Waals surface area contributed by atoms with E-state index in [0.717, 1.165) is 0 Å². The lowest BCUT2D eigenvalue weighted by Crippen LogP contribution is -2.72. The summed E-state index contributed by atoms with van der Waals surface area (Å²) in [7, 11) is 0. The van der Waals surface area contributed by atoms with Gasteiger partial charge < -0.3 is 24.1 Å². The molecule has 0 aromatic carbocycles. The number of carbonyl (C=O) groups excluding carboxylic acids is 2. The van der Waals surface area contributed by atoms with Gasteiger partial charge in [0.1, 0.15) is 23.1 Å². The minimum absolute atomic E-state index is 0.0436. The van der Waals surface area contributed by atoms with Crippen molar-refractivity contribution in [3.8, 4) is 0 Å². The van der Waals surface area contributed by atoms with Crippen LogP contribution in [0.25, 0.3) is 0 Å². The summed E-state index contributed by atoms with van der Waals surface area (Å²) in [6, 6.07) is 0. The van der Waals surface area contributed by atoms with E-state index in [1.54, 1.807) is 69.2 Å². The predicted molar refractivity (Wildman–Crippen MR) is 133 cm³/mol. The van der Waals surface area contributed by atoms with Crippen LogP contribution in [0.3, 0.4) is 0 Å². The highest BCUT2D eigenvalue weighted by molar-refractivity contribution is 5.87. The fraction of sp³-hybridized carbons (Fsp3) is 0.750. The molecule has 2 aliphatic heterocycles. The molecule has 0 bridgehead atoms. The number of hydrogen-bond acceptors (Lipinski definition) is 8. The van der Waals surface area contributed by atoms with Crippen LogP contribution in [0.4, 0.5) is 0 Å². The molecule has 0 saturated carbocycles. The van der Waals surface area contributed by atoms with Gasteiger partial charge in [0, 0.05) is 41.2 Å². The summed E-state index contributed by atoms with van der Waals surface area (Å²) in [5.74, 6) is -7.56. The van der Waals surface area contributed by atoms with E-state index >= 15 is 0 Å². The van der Waals surface area contributed by atoms with Crippen molar-refractivity contribution in [2.75, 3.05) is 0 Å². The summed E-state index contributed by atoms with van der Waals surface area (Å²) in [5, 5.41) is 23.5. The van der Waals surface area contributed by atoms with Crippen LogP contribution in [0.1, 0.15) is 83.5 Å². The van der Waals surface area contributed by atoms with Crippen LogP contribution in [-0.4, -0.2) is 45.6 Å². The first kappa shape index (κ1) is 28.7. The number of Topliss-reactive ketones (excluding diaryl/α,β-unsaturated/α-hetero) is 2. The molecule has 1 spiro atoms. The minimum Gasteiger partial charge on any atom is -0.465 e. The first-order valence-corrected chi connectivity index (χ1v) is 13.0. The summed E-state index contributed by atoms with van der Waals surface area (Å²) >= 11 is 0. The van der Waals surface area contributed by atoms with Crippen molar-refractivity contribution in [2.45, 2.75) is 105 Å². The molecule has 3 rings (SSSR count). The third-order valence-electron chi connectivity index (χ3n) is 9.13. The molecular weight excluding hydrogens is 464 g/mol. The number of aliphatic hydroxyl groups is 2. The van der Waals surface area contributed by atoms with E-state index < -0.39 is 59.3 Å². The highest BCUT2D eigenvalue weighted by atomic mass is 16.8. The van der Waals surface area contributed by atoms with Crippen molar-refractivity contribution in [2.24, 2.45) is 29.6 Å². The van der Waals surface area contributed by atoms with Gasteiger partial charge >= 0.3 is 0 Å². The summed E-state index contributed by atoms with van der Waals surface area (Å²) in [5.41, 5.74) is 0.647. The number of rotatable bonds is 5. The van der Waals surface area contributed by atoms with E-state index in [9.17, 15) is 24.6 Å². The lowest BCUT2D eigenvalue weighted by molar-refractivity contribution is -0.449. The van der Waals surface area contributed by atoms with E-state index in [1.165, 1.54) is 0 Å². The zero-order chi connectivity index (χ0) is 27.5. The standard InChI is InChI=1S/C28H42O8/c1-11-21(29)13(3)25-15(5)23(31)17(7)28(35-25)18(8)24(32)16(6)27(33,36-28)19(9)26-14(4)22(30)12(2)20(10)34-26/h13,15-19,24-25,32-33H,11H2,1-10H3/t13-,15-,16-,17+,18+,19-,24+,25+,27-,28-/m1/s1. The van der Waals surface area contributed by atoms with Crippen LogP contribution in [0.2, 0.25) is 0 Å². The molecule has 202 valence electrons. The Morgan fingerprint density at radius 1 is 1.03 bits per heavy atom. The summed E-state index contributed by atoms with van der Waals surface area (Å²) in [6.45, 7) is 17.0. The number of ketones is 2. The number of carbonyl (C=O) groups is 2. The van der Waals surface area contributed by atoms with Crippen molar-refractivity contribution < 1.29 is 33.7 Å². The Hall–Kier alpha value is -1.87. The summed E-state index contributed by atoms with van der Waals surface area (Å²) in [4.78, 5) is 38.9. The van der Waals surface area contributed by atoms with E-state index in [4.69, 9.17) is 13.9 Å². The van der Waals surface area contributed by atoms with Crippen LogP contribution >= 0.6 is 0 Å². The van der Waals surface area contributed by atoms with Crippen LogP contribution in [0.5, 0.6) is 0 Å². The summed E-state index contributed by atoms with van der Waals surface area (Å²) in [6.07, 6.45) is -1.58. The molecule has 1 aromatic heterocycles. The van der Waals surface area contributed by atoms with Crippen molar-refractivity contribution in [1.82, 2.24) is 0 Å². The molecular formula is C28H42O8. The van der Waals surface area contributed by atoms with E-state index in [0.29, 0.717) is 23.3 Å². The quantitative estimate of drug-likeness (QED) is 0.621. The second-order valence-electron chi connectivity index (χ2n) is 11.1. The number of hydrogen-bond donors (Lipinski definition) is 2. The van der Waals surface area contributed by atoms with Crippen LogP contribution in [-0.2, 0) is 19.1 Å². The van der Waals surface area contributed by atoms with Gasteiger partial charge in [-0.1, -0.05) is 48.5 Å². The van der Waals surface area contributed by atoms with Crippen molar-refractivity contribution in [3.63, 3.8) is 0 Å². The lowest BCUT2D eigenvalue weighted by Gasteiger charge is -2.60. The smallest absolute Gasteiger partial charge is 0.191 e. The second kappa shape index (κ2) is 9.78. The van der Waals surface area contributed by atoms with E-state index in [2.05, 4.69) is 0 Å². The fourth-order valence-corrected chi connectivity index (χ4v) is 6.14. The minimum atomic E-state index is -2.04. The van der Waals surface area contributed by atoms with E-state index in [1.807, 2.05) is 0 Å². The van der Waals surface area contributed by atoms with Gasteiger partial charge in [-0.2, -0.15) is 0 Å². The Bertz CT molecular complexity index is 1090. The van der Waals surface area contributed by atoms with Crippen molar-refractivity contribution in [1.29, 1.82) is 0 Å². The average molecular weight is 507 g/mol. The predicted octanol–water partition coefficient (Wildman–Crippen LogP) is 3.57. The van der Waals surface area contributed by atoms with Gasteiger partial charge in [-0.05, 0) is 20.8 Å². The van der Waals surface area contributed by atoms with Gasteiger partial charge in [0.15, 0.2) is 17.0 Å². The number of ether oxygens (including phenoxy) is 2. The monoisotopic (exact) mass is 506 g/mol. The van der Waals surface area contributed by atoms with Gasteiger partial charge in [0.25, 0.3) is 0 Å². The van der Waals surface area contributed by atoms with Crippen LogP contribution in [0, 0.1) is 50.4 Å². The zero-order valence-corrected chi connectivity index (χ0v) is 23.2. The van der Waals surface area contributed by atoms with Crippen molar-refractivity contribution in [3.05, 3.63) is 32.9 Å². The van der Waals surface area contributed by atoms with Gasteiger partial charge in [-0.3, -0.25) is 14.4 Å². The van der Waals surface area contributed by atoms with Gasteiger partial charge in [0.2, 0.25) is 0 Å². The first-order valence-electron chi connectivity index (χ1n) is 13.0. The summed E-state index contributed by atoms with van der Waals surface area (Å²) < 4.78 is 19.0. The van der Waals surface area contributed by atoms with Gasteiger partial charge in [-0.25, -0.2) is 0 Å². The molecule has 1 aromatic rings. The van der Waals surface area contributed by atoms with Crippen LogP contribution in [0.15, 0.2) is 9.21 Å². The molecule has 3 heterocycles. The molecule has 0 radical (unpaired) electrons. The van der Waals surface area contributed by atoms with E-state index in [-0.39, 0.29) is 22.8 Å². The normalized spacial score (nSPS) is 38.7. The maximum atomic E-state index is 13.5. The maximum Gasteiger partial charge on any atom is 0.191 e. The van der Waals surface area contributed by atoms with Gasteiger partial charge in [0.05, 0.1) is 24.0 Å². The molecule has 2 fully saturated rings. The highest BCUT2D eigenvalue weighted by Crippen LogP contribution is 2.54. The Balaban J connectivity index is 2.15. The molecule has 8 heteroatoms. The maximum absolute atomic E-state index is 13.5. The molecule has 0 unspecified atom stereocenters. The third kappa shape index (κ3) is 4.10. The molecule has 2 saturated heterocycles. The lowest BCUT2D eigenvalue weighted by atomic mass is 9.67. The first-order chi connectivity index (χ1) is 16.6.